The van der Waals surface area contributed by atoms with Crippen molar-refractivity contribution in [3.8, 4) is 5.75 Å². The molecule has 0 bridgehead atoms. The number of para-hydroxylation sites is 2. The van der Waals surface area contributed by atoms with Crippen molar-refractivity contribution in [2.45, 2.75) is 128 Å². The molecule has 0 unspecified atom stereocenters. The van der Waals surface area contributed by atoms with Crippen LogP contribution in [-0.2, 0) is 14.2 Å². The fourth-order valence-electron chi connectivity index (χ4n) is 4.57. The Morgan fingerprint density at radius 2 is 1.13 bits per heavy atom. The molecule has 224 valence electrons. The van der Waals surface area contributed by atoms with Gasteiger partial charge in [-0.05, 0) is 31.4 Å². The van der Waals surface area contributed by atoms with E-state index < -0.39 is 13.6 Å². The summed E-state index contributed by atoms with van der Waals surface area (Å²) in [7, 11) is -3.80. The number of ether oxygens (including phenoxy) is 1. The number of hydrogen-bond donors (Lipinski definition) is 4. The predicted molar refractivity (Wildman–Crippen MR) is 157 cm³/mol. The van der Waals surface area contributed by atoms with Crippen LogP contribution in [-0.4, -0.2) is 39.5 Å². The molecule has 0 aromatic heterocycles. The van der Waals surface area contributed by atoms with Gasteiger partial charge in [-0.25, -0.2) is 0 Å². The molecule has 9 heteroatoms. The number of benzene rings is 1. The molecule has 0 fully saturated rings. The standard InChI is InChI=1S/C30H52NO7P/c32-29(31-27-21-17-18-22-28(27)38-25-20-24-30(33)34)23-16-14-12-10-8-6-4-2-1-3-5-7-9-11-13-15-19-26-39(35,36)37/h17-18,21-22H,1-16,19-20,23-26H2,(H,31,32)(H,33,34)(H2,35,36,37). The summed E-state index contributed by atoms with van der Waals surface area (Å²) < 4.78 is 16.4. The van der Waals surface area contributed by atoms with E-state index in [9.17, 15) is 14.2 Å². The number of carbonyl (C=O) groups is 2. The summed E-state index contributed by atoms with van der Waals surface area (Å²) in [5.74, 6) is -0.291. The van der Waals surface area contributed by atoms with E-state index in [0.717, 1.165) is 32.1 Å². The Bertz CT molecular complexity index is 827. The molecule has 1 aromatic rings. The summed E-state index contributed by atoms with van der Waals surface area (Å²) in [6.07, 6.45) is 20.7. The number of nitrogens with one attached hydrogen (secondary N) is 1. The van der Waals surface area contributed by atoms with Crippen LogP contribution in [0.3, 0.4) is 0 Å². The monoisotopic (exact) mass is 569 g/mol. The van der Waals surface area contributed by atoms with Crippen molar-refractivity contribution < 1.29 is 33.8 Å². The number of carboxylic acid groups (broad SMARTS) is 1. The average Bonchev–Trinajstić information content (AvgIpc) is 2.88. The Morgan fingerprint density at radius 3 is 1.62 bits per heavy atom. The Balaban J connectivity index is 1.90. The van der Waals surface area contributed by atoms with Crippen molar-refractivity contribution in [1.82, 2.24) is 0 Å². The molecule has 0 atom stereocenters. The zero-order valence-electron chi connectivity index (χ0n) is 23.8. The first-order valence-electron chi connectivity index (χ1n) is 15.1. The first-order valence-corrected chi connectivity index (χ1v) is 16.9. The van der Waals surface area contributed by atoms with Crippen LogP contribution in [0.1, 0.15) is 128 Å². The van der Waals surface area contributed by atoms with Gasteiger partial charge in [0.05, 0.1) is 12.3 Å². The summed E-state index contributed by atoms with van der Waals surface area (Å²) >= 11 is 0. The largest absolute Gasteiger partial charge is 0.491 e. The third-order valence-electron chi connectivity index (χ3n) is 6.81. The van der Waals surface area contributed by atoms with Crippen LogP contribution in [0.2, 0.25) is 0 Å². The minimum Gasteiger partial charge on any atom is -0.491 e. The molecule has 0 aliphatic carbocycles. The minimum atomic E-state index is -3.80. The molecule has 0 heterocycles. The first kappa shape index (κ1) is 35.1. The average molecular weight is 570 g/mol. The predicted octanol–water partition coefficient (Wildman–Crippen LogP) is 8.07. The second-order valence-corrected chi connectivity index (χ2v) is 12.3. The Kier molecular flexibility index (Phi) is 20.6. The van der Waals surface area contributed by atoms with Crippen molar-refractivity contribution in [2.24, 2.45) is 0 Å². The van der Waals surface area contributed by atoms with E-state index in [1.54, 1.807) is 12.1 Å². The van der Waals surface area contributed by atoms with Gasteiger partial charge in [0.25, 0.3) is 0 Å². The van der Waals surface area contributed by atoms with E-state index in [1.807, 2.05) is 12.1 Å². The lowest BCUT2D eigenvalue weighted by molar-refractivity contribution is -0.137. The summed E-state index contributed by atoms with van der Waals surface area (Å²) in [5, 5.41) is 11.6. The number of rotatable bonds is 26. The molecule has 0 spiro atoms. The van der Waals surface area contributed by atoms with Gasteiger partial charge in [0.1, 0.15) is 5.75 Å². The lowest BCUT2D eigenvalue weighted by Crippen LogP contribution is -2.12. The topological polar surface area (TPSA) is 133 Å². The number of hydrogen-bond acceptors (Lipinski definition) is 4. The van der Waals surface area contributed by atoms with Gasteiger partial charge in [-0.3, -0.25) is 14.2 Å². The van der Waals surface area contributed by atoms with Gasteiger partial charge in [0, 0.05) is 19.0 Å². The molecule has 0 aliphatic rings. The quantitative estimate of drug-likeness (QED) is 0.0655. The number of carboxylic acids is 1. The van der Waals surface area contributed by atoms with Crippen LogP contribution in [0.15, 0.2) is 24.3 Å². The lowest BCUT2D eigenvalue weighted by Gasteiger charge is -2.12. The third-order valence-corrected chi connectivity index (χ3v) is 7.71. The van der Waals surface area contributed by atoms with Crippen LogP contribution in [0.4, 0.5) is 5.69 Å². The van der Waals surface area contributed by atoms with E-state index in [-0.39, 0.29) is 18.5 Å². The lowest BCUT2D eigenvalue weighted by atomic mass is 10.0. The molecule has 0 radical (unpaired) electrons. The summed E-state index contributed by atoms with van der Waals surface area (Å²) in [4.78, 5) is 40.6. The van der Waals surface area contributed by atoms with Crippen LogP contribution < -0.4 is 10.1 Å². The molecule has 0 saturated carbocycles. The maximum Gasteiger partial charge on any atom is 0.325 e. The molecular formula is C30H52NO7P. The molecule has 1 amide bonds. The first-order chi connectivity index (χ1) is 18.8. The SMILES string of the molecule is O=C(O)CCCOc1ccccc1NC(=O)CCCCCCCCCCCCCCCCCCCP(=O)(O)O. The van der Waals surface area contributed by atoms with Gasteiger partial charge >= 0.3 is 13.6 Å². The highest BCUT2D eigenvalue weighted by atomic mass is 31.2. The van der Waals surface area contributed by atoms with Gasteiger partial charge in [-0.15, -0.1) is 0 Å². The molecule has 4 N–H and O–H groups in total. The van der Waals surface area contributed by atoms with Crippen LogP contribution in [0, 0.1) is 0 Å². The van der Waals surface area contributed by atoms with Crippen molar-refractivity contribution >= 4 is 25.2 Å². The highest BCUT2D eigenvalue weighted by Crippen LogP contribution is 2.35. The van der Waals surface area contributed by atoms with E-state index in [4.69, 9.17) is 19.6 Å². The summed E-state index contributed by atoms with van der Waals surface area (Å²) in [5.41, 5.74) is 0.631. The zero-order chi connectivity index (χ0) is 28.6. The van der Waals surface area contributed by atoms with Crippen LogP contribution in [0.5, 0.6) is 5.75 Å². The van der Waals surface area contributed by atoms with E-state index >= 15 is 0 Å². The van der Waals surface area contributed by atoms with Crippen LogP contribution >= 0.6 is 7.60 Å². The Morgan fingerprint density at radius 1 is 0.667 bits per heavy atom. The van der Waals surface area contributed by atoms with Gasteiger partial charge in [0.2, 0.25) is 5.91 Å². The number of amides is 1. The molecule has 1 rings (SSSR count). The highest BCUT2D eigenvalue weighted by Gasteiger charge is 2.11. The molecule has 1 aromatic carbocycles. The smallest absolute Gasteiger partial charge is 0.325 e. The van der Waals surface area contributed by atoms with E-state index in [1.165, 1.54) is 70.6 Å². The maximum atomic E-state index is 12.3. The number of carbonyl (C=O) groups excluding carboxylic acids is 1. The van der Waals surface area contributed by atoms with Crippen molar-refractivity contribution in [3.05, 3.63) is 24.3 Å². The number of anilines is 1. The summed E-state index contributed by atoms with van der Waals surface area (Å²) in [6, 6.07) is 7.25. The molecule has 39 heavy (non-hydrogen) atoms. The van der Waals surface area contributed by atoms with Crippen molar-refractivity contribution in [1.29, 1.82) is 0 Å². The van der Waals surface area contributed by atoms with Crippen molar-refractivity contribution in [3.63, 3.8) is 0 Å². The zero-order valence-corrected chi connectivity index (χ0v) is 24.7. The molecular weight excluding hydrogens is 517 g/mol. The second kappa shape index (κ2) is 22.9. The summed E-state index contributed by atoms with van der Waals surface area (Å²) in [6.45, 7) is 0.300. The second-order valence-electron chi connectivity index (χ2n) is 10.5. The third kappa shape index (κ3) is 22.6. The van der Waals surface area contributed by atoms with Gasteiger partial charge in [-0.1, -0.05) is 108 Å². The normalized spacial score (nSPS) is 11.4. The van der Waals surface area contributed by atoms with Crippen LogP contribution in [0.25, 0.3) is 0 Å². The van der Waals surface area contributed by atoms with Gasteiger partial charge < -0.3 is 24.9 Å². The highest BCUT2D eigenvalue weighted by molar-refractivity contribution is 7.51. The Labute approximate surface area is 235 Å². The molecule has 0 aliphatic heterocycles. The Hall–Kier alpha value is -1.89. The fourth-order valence-corrected chi connectivity index (χ4v) is 5.20. The maximum absolute atomic E-state index is 12.3. The number of unbranched alkanes of at least 4 members (excludes halogenated alkanes) is 16. The minimum absolute atomic E-state index is 0.0187. The number of aliphatic carboxylic acids is 1. The van der Waals surface area contributed by atoms with E-state index in [2.05, 4.69) is 5.32 Å². The molecule has 8 nitrogen and oxygen atoms in total. The fraction of sp³-hybridized carbons (Fsp3) is 0.733. The van der Waals surface area contributed by atoms with Crippen molar-refractivity contribution in [2.75, 3.05) is 18.1 Å². The molecule has 0 saturated heterocycles. The van der Waals surface area contributed by atoms with Gasteiger partial charge in [0.15, 0.2) is 0 Å². The van der Waals surface area contributed by atoms with Gasteiger partial charge in [-0.2, -0.15) is 0 Å². The van der Waals surface area contributed by atoms with E-state index in [0.29, 0.717) is 37.3 Å².